The van der Waals surface area contributed by atoms with Crippen LogP contribution >= 0.6 is 15.9 Å². The van der Waals surface area contributed by atoms with Crippen molar-refractivity contribution in [2.24, 2.45) is 5.73 Å². The first-order chi connectivity index (χ1) is 7.39. The molecule has 2 N–H and O–H groups in total. The molecule has 0 fully saturated rings. The third-order valence-electron chi connectivity index (χ3n) is 3.01. The summed E-state index contributed by atoms with van der Waals surface area (Å²) in [5, 5.41) is 0. The van der Waals surface area contributed by atoms with Crippen molar-refractivity contribution in [3.05, 3.63) is 27.7 Å². The quantitative estimate of drug-likeness (QED) is 0.791. The average molecular weight is 284 g/mol. The molecule has 2 rings (SSSR count). The van der Waals surface area contributed by atoms with Crippen LogP contribution in [0.2, 0.25) is 0 Å². The molecule has 0 radical (unpaired) electrons. The summed E-state index contributed by atoms with van der Waals surface area (Å²) in [6.07, 6.45) is 0.896. The van der Waals surface area contributed by atoms with E-state index in [1.165, 1.54) is 5.56 Å². The first-order valence-corrected chi connectivity index (χ1v) is 6.41. The van der Waals surface area contributed by atoms with Crippen LogP contribution in [0.25, 0.3) is 0 Å². The molecule has 0 saturated heterocycles. The zero-order valence-electron chi connectivity index (χ0n) is 10.0. The van der Waals surface area contributed by atoms with Crippen LogP contribution in [0.1, 0.15) is 44.4 Å². The maximum atomic E-state index is 6.13. The molecule has 1 aromatic carbocycles. The summed E-state index contributed by atoms with van der Waals surface area (Å²) in [5.74, 6) is 0.923. The van der Waals surface area contributed by atoms with Crippen molar-refractivity contribution in [1.29, 1.82) is 0 Å². The van der Waals surface area contributed by atoms with Gasteiger partial charge in [0.1, 0.15) is 5.75 Å². The molecule has 0 unspecified atom stereocenters. The molecular weight excluding hydrogens is 266 g/mol. The van der Waals surface area contributed by atoms with E-state index in [4.69, 9.17) is 10.5 Å². The summed E-state index contributed by atoms with van der Waals surface area (Å²) in [6, 6.07) is 4.42. The van der Waals surface area contributed by atoms with Gasteiger partial charge in [-0.25, -0.2) is 0 Å². The van der Waals surface area contributed by atoms with E-state index in [0.29, 0.717) is 6.61 Å². The highest BCUT2D eigenvalue weighted by Gasteiger charge is 2.24. The SMILES string of the molecule is CC(C)(C)c1cc(Br)c2c(c1)[C@H](N)CCO2. The van der Waals surface area contributed by atoms with E-state index in [1.54, 1.807) is 0 Å². The second kappa shape index (κ2) is 4.04. The number of benzene rings is 1. The molecule has 88 valence electrons. The van der Waals surface area contributed by atoms with Gasteiger partial charge in [0.15, 0.2) is 0 Å². The fourth-order valence-electron chi connectivity index (χ4n) is 1.92. The van der Waals surface area contributed by atoms with E-state index in [2.05, 4.69) is 48.8 Å². The molecule has 1 aromatic rings. The van der Waals surface area contributed by atoms with Crippen molar-refractivity contribution >= 4 is 15.9 Å². The Bertz CT molecular complexity index is 409. The van der Waals surface area contributed by atoms with Gasteiger partial charge in [-0.1, -0.05) is 20.8 Å². The molecule has 0 spiro atoms. The lowest BCUT2D eigenvalue weighted by Gasteiger charge is -2.28. The lowest BCUT2D eigenvalue weighted by molar-refractivity contribution is 0.266. The Labute approximate surface area is 105 Å². The average Bonchev–Trinajstić information content (AvgIpc) is 2.18. The number of hydrogen-bond acceptors (Lipinski definition) is 2. The molecule has 1 aliphatic rings. The van der Waals surface area contributed by atoms with Gasteiger partial charge in [-0.15, -0.1) is 0 Å². The topological polar surface area (TPSA) is 35.2 Å². The second-order valence-electron chi connectivity index (χ2n) is 5.37. The third kappa shape index (κ3) is 2.11. The van der Waals surface area contributed by atoms with E-state index in [0.717, 1.165) is 22.2 Å². The molecule has 2 nitrogen and oxygen atoms in total. The molecular formula is C13H18BrNO. The van der Waals surface area contributed by atoms with Crippen molar-refractivity contribution < 1.29 is 4.74 Å². The van der Waals surface area contributed by atoms with Gasteiger partial charge in [-0.05, 0) is 39.0 Å². The fraction of sp³-hybridized carbons (Fsp3) is 0.538. The lowest BCUT2D eigenvalue weighted by Crippen LogP contribution is -2.22. The standard InChI is InChI=1S/C13H18BrNO/c1-13(2,3)8-6-9-11(15)4-5-16-12(9)10(14)7-8/h6-7,11H,4-5,15H2,1-3H3/t11-/m1/s1. The minimum Gasteiger partial charge on any atom is -0.492 e. The number of ether oxygens (including phenoxy) is 1. The predicted octanol–water partition coefficient (Wildman–Crippen LogP) is 3.53. The molecule has 16 heavy (non-hydrogen) atoms. The van der Waals surface area contributed by atoms with Gasteiger partial charge in [-0.3, -0.25) is 0 Å². The van der Waals surface area contributed by atoms with Crippen molar-refractivity contribution in [1.82, 2.24) is 0 Å². The normalized spacial score (nSPS) is 20.2. The highest BCUT2D eigenvalue weighted by molar-refractivity contribution is 9.10. The Morgan fingerprint density at radius 2 is 2.06 bits per heavy atom. The van der Waals surface area contributed by atoms with Crippen LogP contribution < -0.4 is 10.5 Å². The van der Waals surface area contributed by atoms with Crippen LogP contribution in [-0.2, 0) is 5.41 Å². The van der Waals surface area contributed by atoms with Gasteiger partial charge in [0.05, 0.1) is 11.1 Å². The van der Waals surface area contributed by atoms with E-state index in [9.17, 15) is 0 Å². The van der Waals surface area contributed by atoms with Crippen LogP contribution in [0.4, 0.5) is 0 Å². The monoisotopic (exact) mass is 283 g/mol. The number of hydrogen-bond donors (Lipinski definition) is 1. The summed E-state index contributed by atoms with van der Waals surface area (Å²) in [4.78, 5) is 0. The van der Waals surface area contributed by atoms with Crippen molar-refractivity contribution in [2.45, 2.75) is 38.6 Å². The molecule has 3 heteroatoms. The molecule has 0 bridgehead atoms. The van der Waals surface area contributed by atoms with Crippen LogP contribution in [0.3, 0.4) is 0 Å². The number of halogens is 1. The maximum Gasteiger partial charge on any atom is 0.138 e. The molecule has 0 aromatic heterocycles. The Kier molecular flexibility index (Phi) is 3.01. The van der Waals surface area contributed by atoms with Crippen molar-refractivity contribution in [2.75, 3.05) is 6.61 Å². The van der Waals surface area contributed by atoms with E-state index < -0.39 is 0 Å². The van der Waals surface area contributed by atoms with E-state index in [-0.39, 0.29) is 11.5 Å². The highest BCUT2D eigenvalue weighted by atomic mass is 79.9. The summed E-state index contributed by atoms with van der Waals surface area (Å²) in [7, 11) is 0. The highest BCUT2D eigenvalue weighted by Crippen LogP contribution is 2.40. The summed E-state index contributed by atoms with van der Waals surface area (Å²) in [6.45, 7) is 7.32. The Balaban J connectivity index is 2.55. The lowest BCUT2D eigenvalue weighted by atomic mass is 9.84. The molecule has 0 saturated carbocycles. The Hall–Kier alpha value is -0.540. The van der Waals surface area contributed by atoms with Crippen molar-refractivity contribution in [3.8, 4) is 5.75 Å². The van der Waals surface area contributed by atoms with Crippen LogP contribution in [0.5, 0.6) is 5.75 Å². The van der Waals surface area contributed by atoms with Gasteiger partial charge < -0.3 is 10.5 Å². The molecule has 1 atom stereocenters. The largest absolute Gasteiger partial charge is 0.492 e. The second-order valence-corrected chi connectivity index (χ2v) is 6.22. The first-order valence-electron chi connectivity index (χ1n) is 5.62. The third-order valence-corrected chi connectivity index (χ3v) is 3.60. The summed E-state index contributed by atoms with van der Waals surface area (Å²) >= 11 is 3.57. The molecule has 0 amide bonds. The van der Waals surface area contributed by atoms with E-state index in [1.807, 2.05) is 0 Å². The smallest absolute Gasteiger partial charge is 0.138 e. The van der Waals surface area contributed by atoms with Crippen LogP contribution in [0.15, 0.2) is 16.6 Å². The summed E-state index contributed by atoms with van der Waals surface area (Å²) in [5.41, 5.74) is 8.68. The van der Waals surface area contributed by atoms with Gasteiger partial charge in [0.25, 0.3) is 0 Å². The van der Waals surface area contributed by atoms with Gasteiger partial charge in [0, 0.05) is 18.0 Å². The molecule has 0 aliphatic carbocycles. The molecule has 1 heterocycles. The van der Waals surface area contributed by atoms with Crippen LogP contribution in [0, 0.1) is 0 Å². The minimum atomic E-state index is 0.0994. The van der Waals surface area contributed by atoms with Crippen molar-refractivity contribution in [3.63, 3.8) is 0 Å². The van der Waals surface area contributed by atoms with Gasteiger partial charge in [-0.2, -0.15) is 0 Å². The number of fused-ring (bicyclic) bond motifs is 1. The molecule has 1 aliphatic heterocycles. The maximum absolute atomic E-state index is 6.13. The number of nitrogens with two attached hydrogens (primary N) is 1. The van der Waals surface area contributed by atoms with Gasteiger partial charge in [0.2, 0.25) is 0 Å². The zero-order valence-corrected chi connectivity index (χ0v) is 11.6. The Morgan fingerprint density at radius 3 is 2.69 bits per heavy atom. The van der Waals surface area contributed by atoms with E-state index >= 15 is 0 Å². The summed E-state index contributed by atoms with van der Waals surface area (Å²) < 4.78 is 6.68. The first kappa shape index (κ1) is 11.9. The van der Waals surface area contributed by atoms with Gasteiger partial charge >= 0.3 is 0 Å². The fourth-order valence-corrected chi connectivity index (χ4v) is 2.51. The predicted molar refractivity (Wildman–Crippen MR) is 69.9 cm³/mol. The minimum absolute atomic E-state index is 0.0994. The number of rotatable bonds is 0. The zero-order chi connectivity index (χ0) is 11.9. The Morgan fingerprint density at radius 1 is 1.38 bits per heavy atom. The van der Waals surface area contributed by atoms with Crippen LogP contribution in [-0.4, -0.2) is 6.61 Å².